The zero-order chi connectivity index (χ0) is 10.2. The maximum absolute atomic E-state index is 8.95. The van der Waals surface area contributed by atoms with Crippen molar-refractivity contribution in [2.45, 2.75) is 39.5 Å². The van der Waals surface area contributed by atoms with Crippen molar-refractivity contribution in [3.05, 3.63) is 0 Å². The first-order chi connectivity index (χ1) is 5.83. The van der Waals surface area contributed by atoms with Gasteiger partial charge in [-0.3, -0.25) is 4.79 Å². The number of methoxy groups -OCH3 is 1. The molecule has 0 aromatic heterocycles. The van der Waals surface area contributed by atoms with Crippen LogP contribution < -0.4 is 0 Å². The fourth-order valence-electron chi connectivity index (χ4n) is 0.500. The monoisotopic (exact) mass is 178 g/mol. The summed E-state index contributed by atoms with van der Waals surface area (Å²) in [5.74, 6) is 0. The van der Waals surface area contributed by atoms with E-state index in [0.717, 1.165) is 7.11 Å². The van der Waals surface area contributed by atoms with Crippen LogP contribution in [0.2, 0.25) is 0 Å². The lowest BCUT2D eigenvalue weighted by Crippen LogP contribution is -1.68. The lowest BCUT2D eigenvalue weighted by molar-refractivity contribution is -0.126. The lowest BCUT2D eigenvalue weighted by atomic mass is 10.2. The van der Waals surface area contributed by atoms with Crippen LogP contribution in [-0.2, 0) is 9.53 Å². The van der Waals surface area contributed by atoms with Crippen LogP contribution in [0.4, 0.5) is 0 Å². The quantitative estimate of drug-likeness (QED) is 0.529. The number of aliphatic hydroxyl groups excluding tert-OH is 1. The number of ether oxygens (including phenoxy) is 1. The zero-order valence-corrected chi connectivity index (χ0v) is 8.67. The highest BCUT2D eigenvalue weighted by Gasteiger charge is 1.75. The molecule has 0 aliphatic rings. The smallest absolute Gasteiger partial charge is 0.292 e. The van der Waals surface area contributed by atoms with Crippen LogP contribution in [0.25, 0.3) is 0 Å². The summed E-state index contributed by atoms with van der Waals surface area (Å²) >= 11 is 0. The molecule has 0 radical (unpaired) electrons. The van der Waals surface area contributed by atoms with Gasteiger partial charge in [0.25, 0.3) is 6.47 Å². The number of hydrogen-bond acceptors (Lipinski definition) is 3. The fraction of sp³-hybridized carbons (Fsp3) is 0.889. The Hall–Kier alpha value is -0.570. The third-order valence-corrected chi connectivity index (χ3v) is 1.05. The molecule has 0 fully saturated rings. The van der Waals surface area contributed by atoms with Gasteiger partial charge in [0, 0.05) is 7.11 Å². The Bertz CT molecular complexity index is 51.7. The number of aliphatic hydroxyl groups is 1. The number of hydrogen-bond donors (Lipinski definition) is 1. The van der Waals surface area contributed by atoms with Crippen molar-refractivity contribution in [2.75, 3.05) is 14.2 Å². The van der Waals surface area contributed by atoms with Gasteiger partial charge in [0.1, 0.15) is 0 Å². The number of unbranched alkanes of at least 4 members (excludes halogenated alkanes) is 3. The van der Waals surface area contributed by atoms with Crippen LogP contribution >= 0.6 is 0 Å². The topological polar surface area (TPSA) is 46.5 Å². The van der Waals surface area contributed by atoms with E-state index in [2.05, 4.69) is 18.6 Å². The SMILES string of the molecule is CCCCCC.CO.COC=O. The third kappa shape index (κ3) is 57.0. The van der Waals surface area contributed by atoms with E-state index in [0.29, 0.717) is 6.47 Å². The van der Waals surface area contributed by atoms with E-state index in [1.807, 2.05) is 0 Å². The Labute approximate surface area is 75.7 Å². The molecule has 3 nitrogen and oxygen atoms in total. The van der Waals surface area contributed by atoms with Crippen molar-refractivity contribution in [1.82, 2.24) is 0 Å². The summed E-state index contributed by atoms with van der Waals surface area (Å²) in [4.78, 5) is 8.95. The Morgan fingerprint density at radius 1 is 1.17 bits per heavy atom. The second kappa shape index (κ2) is 31.5. The van der Waals surface area contributed by atoms with Gasteiger partial charge in [-0.1, -0.05) is 39.5 Å². The molecule has 3 heteroatoms. The van der Waals surface area contributed by atoms with Gasteiger partial charge in [-0.2, -0.15) is 0 Å². The van der Waals surface area contributed by atoms with Crippen molar-refractivity contribution in [2.24, 2.45) is 0 Å². The van der Waals surface area contributed by atoms with Gasteiger partial charge in [-0.05, 0) is 0 Å². The van der Waals surface area contributed by atoms with Gasteiger partial charge >= 0.3 is 0 Å². The fourth-order valence-corrected chi connectivity index (χ4v) is 0.500. The van der Waals surface area contributed by atoms with Gasteiger partial charge < -0.3 is 9.84 Å². The van der Waals surface area contributed by atoms with Crippen LogP contribution in [0, 0.1) is 0 Å². The molecule has 0 aromatic rings. The molecule has 76 valence electrons. The first-order valence-electron chi connectivity index (χ1n) is 4.24. The zero-order valence-electron chi connectivity index (χ0n) is 8.67. The van der Waals surface area contributed by atoms with Crippen LogP contribution in [-0.4, -0.2) is 25.8 Å². The van der Waals surface area contributed by atoms with E-state index in [1.54, 1.807) is 0 Å². The van der Waals surface area contributed by atoms with Crippen LogP contribution in [0.1, 0.15) is 39.5 Å². The van der Waals surface area contributed by atoms with E-state index in [1.165, 1.54) is 32.8 Å². The Kier molecular flexibility index (Phi) is 45.9. The summed E-state index contributed by atoms with van der Waals surface area (Å²) in [6.07, 6.45) is 5.54. The third-order valence-electron chi connectivity index (χ3n) is 1.05. The average Bonchev–Trinajstić information content (AvgIpc) is 2.18. The molecule has 12 heavy (non-hydrogen) atoms. The molecular formula is C9H22O3. The minimum absolute atomic E-state index is 0.375. The first kappa shape index (κ1) is 17.5. The van der Waals surface area contributed by atoms with Gasteiger partial charge in [0.05, 0.1) is 7.11 Å². The molecule has 0 rings (SSSR count). The molecular weight excluding hydrogens is 156 g/mol. The molecule has 0 atom stereocenters. The molecule has 1 N–H and O–H groups in total. The van der Waals surface area contributed by atoms with Crippen molar-refractivity contribution in [3.8, 4) is 0 Å². The van der Waals surface area contributed by atoms with Crippen molar-refractivity contribution < 1.29 is 14.6 Å². The summed E-state index contributed by atoms with van der Waals surface area (Å²) in [6, 6.07) is 0. The number of carbonyl (C=O) groups is 1. The van der Waals surface area contributed by atoms with E-state index in [9.17, 15) is 0 Å². The standard InChI is InChI=1S/C6H14.C2H4O2.CH4O/c1-3-5-6-4-2;1-4-2-3;1-2/h3-6H2,1-2H3;2H,1H3;2H,1H3. The van der Waals surface area contributed by atoms with Crippen LogP contribution in [0.15, 0.2) is 0 Å². The van der Waals surface area contributed by atoms with Gasteiger partial charge in [0.2, 0.25) is 0 Å². The molecule has 0 spiro atoms. The molecule has 0 aliphatic carbocycles. The number of carbonyl (C=O) groups excluding carboxylic acids is 1. The second-order valence-corrected chi connectivity index (χ2v) is 2.04. The minimum Gasteiger partial charge on any atom is -0.471 e. The van der Waals surface area contributed by atoms with Gasteiger partial charge in [-0.25, -0.2) is 0 Å². The van der Waals surface area contributed by atoms with Gasteiger partial charge in [0.15, 0.2) is 0 Å². The summed E-state index contributed by atoms with van der Waals surface area (Å²) in [5, 5.41) is 7.00. The van der Waals surface area contributed by atoms with E-state index >= 15 is 0 Å². The Balaban J connectivity index is -0.000000118. The predicted molar refractivity (Wildman–Crippen MR) is 51.0 cm³/mol. The molecule has 0 aromatic carbocycles. The van der Waals surface area contributed by atoms with Gasteiger partial charge in [-0.15, -0.1) is 0 Å². The average molecular weight is 178 g/mol. The molecule has 0 saturated heterocycles. The van der Waals surface area contributed by atoms with Crippen LogP contribution in [0.3, 0.4) is 0 Å². The summed E-state index contributed by atoms with van der Waals surface area (Å²) in [7, 11) is 2.31. The Morgan fingerprint density at radius 3 is 1.50 bits per heavy atom. The maximum Gasteiger partial charge on any atom is 0.292 e. The first-order valence-corrected chi connectivity index (χ1v) is 4.24. The Morgan fingerprint density at radius 2 is 1.42 bits per heavy atom. The molecule has 0 unspecified atom stereocenters. The second-order valence-electron chi connectivity index (χ2n) is 2.04. The normalized spacial score (nSPS) is 6.75. The highest BCUT2D eigenvalue weighted by molar-refractivity contribution is 5.36. The highest BCUT2D eigenvalue weighted by atomic mass is 16.5. The van der Waals surface area contributed by atoms with Crippen molar-refractivity contribution in [3.63, 3.8) is 0 Å². The largest absolute Gasteiger partial charge is 0.471 e. The predicted octanol–water partition coefficient (Wildman–Crippen LogP) is 1.98. The summed E-state index contributed by atoms with van der Waals surface area (Å²) in [6.45, 7) is 4.84. The maximum atomic E-state index is 8.95. The van der Waals surface area contributed by atoms with Crippen molar-refractivity contribution in [1.29, 1.82) is 0 Å². The summed E-state index contributed by atoms with van der Waals surface area (Å²) < 4.78 is 3.86. The lowest BCUT2D eigenvalue weighted by Gasteiger charge is -1.86. The highest BCUT2D eigenvalue weighted by Crippen LogP contribution is 1.95. The van der Waals surface area contributed by atoms with E-state index in [4.69, 9.17) is 9.90 Å². The molecule has 0 aliphatic heterocycles. The van der Waals surface area contributed by atoms with E-state index < -0.39 is 0 Å². The molecule has 0 saturated carbocycles. The van der Waals surface area contributed by atoms with Crippen molar-refractivity contribution >= 4 is 6.47 Å². The van der Waals surface area contributed by atoms with E-state index in [-0.39, 0.29) is 0 Å². The molecule has 0 heterocycles. The number of rotatable bonds is 4. The minimum atomic E-state index is 0.375. The molecule has 0 bridgehead atoms. The summed E-state index contributed by atoms with van der Waals surface area (Å²) in [5.41, 5.74) is 0. The van der Waals surface area contributed by atoms with Crippen LogP contribution in [0.5, 0.6) is 0 Å². The molecule has 0 amide bonds.